The zero-order valence-corrected chi connectivity index (χ0v) is 9.42. The van der Waals surface area contributed by atoms with E-state index in [-0.39, 0.29) is 18.1 Å². The molecule has 0 radical (unpaired) electrons. The summed E-state index contributed by atoms with van der Waals surface area (Å²) in [5, 5.41) is 2.05. The van der Waals surface area contributed by atoms with Gasteiger partial charge in [0.05, 0.1) is 18.1 Å². The molecule has 0 bridgehead atoms. The van der Waals surface area contributed by atoms with Crippen LogP contribution in [-0.4, -0.2) is 39.2 Å². The summed E-state index contributed by atoms with van der Waals surface area (Å²) in [6.07, 6.45) is -2.97. The van der Waals surface area contributed by atoms with E-state index < -0.39 is 22.6 Å². The Balaban J connectivity index is 3.67. The van der Waals surface area contributed by atoms with Crippen molar-refractivity contribution in [3.8, 4) is 0 Å². The van der Waals surface area contributed by atoms with Gasteiger partial charge in [-0.3, -0.25) is 0 Å². The van der Waals surface area contributed by atoms with Crippen molar-refractivity contribution in [3.63, 3.8) is 0 Å². The first-order chi connectivity index (χ1) is 6.77. The van der Waals surface area contributed by atoms with Crippen LogP contribution in [-0.2, 0) is 9.84 Å². The second kappa shape index (κ2) is 6.32. The molecular formula is C8H16F3NO2S. The topological polar surface area (TPSA) is 46.2 Å². The van der Waals surface area contributed by atoms with E-state index in [0.29, 0.717) is 6.42 Å². The highest BCUT2D eigenvalue weighted by atomic mass is 32.2. The molecule has 0 atom stereocenters. The monoisotopic (exact) mass is 247 g/mol. The summed E-state index contributed by atoms with van der Waals surface area (Å²) >= 11 is 0. The lowest BCUT2D eigenvalue weighted by molar-refractivity contribution is -0.124. The van der Waals surface area contributed by atoms with Crippen LogP contribution in [0.15, 0.2) is 0 Å². The van der Waals surface area contributed by atoms with Crippen molar-refractivity contribution in [2.45, 2.75) is 25.9 Å². The minimum Gasteiger partial charge on any atom is -0.308 e. The van der Waals surface area contributed by atoms with E-state index in [1.807, 2.05) is 6.92 Å². The average Bonchev–Trinajstić information content (AvgIpc) is 2.08. The van der Waals surface area contributed by atoms with E-state index in [2.05, 4.69) is 5.32 Å². The highest BCUT2D eigenvalue weighted by Gasteiger charge is 2.26. The maximum absolute atomic E-state index is 11.7. The number of unbranched alkanes of at least 4 members (excludes halogenated alkanes) is 1. The number of rotatable bonds is 7. The van der Waals surface area contributed by atoms with Crippen LogP contribution in [0, 0.1) is 0 Å². The third-order valence-corrected chi connectivity index (χ3v) is 3.46. The first-order valence-corrected chi connectivity index (χ1v) is 6.57. The van der Waals surface area contributed by atoms with Gasteiger partial charge < -0.3 is 5.32 Å². The van der Waals surface area contributed by atoms with Gasteiger partial charge in [0, 0.05) is 6.54 Å². The van der Waals surface area contributed by atoms with Crippen LogP contribution >= 0.6 is 0 Å². The molecule has 1 N–H and O–H groups in total. The summed E-state index contributed by atoms with van der Waals surface area (Å²) in [5.74, 6) is -0.180. The molecule has 0 amide bonds. The van der Waals surface area contributed by atoms with Crippen molar-refractivity contribution >= 4 is 9.84 Å². The first-order valence-electron chi connectivity index (χ1n) is 4.75. The van der Waals surface area contributed by atoms with E-state index in [1.165, 1.54) is 0 Å². The molecule has 0 unspecified atom stereocenters. The van der Waals surface area contributed by atoms with Gasteiger partial charge in [0.1, 0.15) is 0 Å². The van der Waals surface area contributed by atoms with E-state index in [0.717, 1.165) is 6.42 Å². The summed E-state index contributed by atoms with van der Waals surface area (Å²) in [4.78, 5) is 0. The highest BCUT2D eigenvalue weighted by Crippen LogP contribution is 2.11. The molecule has 15 heavy (non-hydrogen) atoms. The number of nitrogens with one attached hydrogen (secondary N) is 1. The van der Waals surface area contributed by atoms with Crippen molar-refractivity contribution in [2.75, 3.05) is 24.6 Å². The van der Waals surface area contributed by atoms with Gasteiger partial charge in [0.15, 0.2) is 9.84 Å². The van der Waals surface area contributed by atoms with Gasteiger partial charge in [0.2, 0.25) is 0 Å². The maximum Gasteiger partial charge on any atom is 0.401 e. The fourth-order valence-corrected chi connectivity index (χ4v) is 2.31. The quantitative estimate of drug-likeness (QED) is 0.691. The highest BCUT2D eigenvalue weighted by molar-refractivity contribution is 7.91. The van der Waals surface area contributed by atoms with Gasteiger partial charge in [-0.05, 0) is 6.42 Å². The second-order valence-electron chi connectivity index (χ2n) is 3.30. The number of hydrogen-bond donors (Lipinski definition) is 1. The molecule has 0 saturated carbocycles. The van der Waals surface area contributed by atoms with Gasteiger partial charge in [-0.2, -0.15) is 13.2 Å². The van der Waals surface area contributed by atoms with Crippen LogP contribution in [0.2, 0.25) is 0 Å². The third kappa shape index (κ3) is 9.99. The number of halogens is 3. The molecule has 0 rings (SSSR count). The predicted molar refractivity (Wildman–Crippen MR) is 52.5 cm³/mol. The Bertz CT molecular complexity index is 262. The van der Waals surface area contributed by atoms with Gasteiger partial charge in [0.25, 0.3) is 0 Å². The van der Waals surface area contributed by atoms with Crippen LogP contribution in [0.1, 0.15) is 19.8 Å². The summed E-state index contributed by atoms with van der Waals surface area (Å²) in [7, 11) is -3.19. The van der Waals surface area contributed by atoms with Gasteiger partial charge in [-0.15, -0.1) is 0 Å². The molecule has 0 aromatic heterocycles. The minimum atomic E-state index is -4.28. The van der Waals surface area contributed by atoms with Crippen molar-refractivity contribution in [1.82, 2.24) is 5.32 Å². The lowest BCUT2D eigenvalue weighted by atomic mass is 10.4. The Hall–Kier alpha value is -0.300. The number of sulfone groups is 1. The average molecular weight is 247 g/mol. The molecule has 0 aliphatic carbocycles. The molecule has 3 nitrogen and oxygen atoms in total. The molecule has 0 spiro atoms. The van der Waals surface area contributed by atoms with Crippen LogP contribution in [0.3, 0.4) is 0 Å². The first kappa shape index (κ1) is 14.7. The molecule has 0 saturated heterocycles. The van der Waals surface area contributed by atoms with Crippen molar-refractivity contribution in [2.24, 2.45) is 0 Å². The van der Waals surface area contributed by atoms with Crippen LogP contribution in [0.5, 0.6) is 0 Å². The minimum absolute atomic E-state index is 0.0528. The van der Waals surface area contributed by atoms with E-state index in [1.54, 1.807) is 0 Å². The Morgan fingerprint density at radius 2 is 1.80 bits per heavy atom. The molecule has 0 heterocycles. The fraction of sp³-hybridized carbons (Fsp3) is 1.00. The van der Waals surface area contributed by atoms with Crippen LogP contribution in [0.25, 0.3) is 0 Å². The molecule has 0 aromatic carbocycles. The lowest BCUT2D eigenvalue weighted by Crippen LogP contribution is -2.32. The van der Waals surface area contributed by atoms with Gasteiger partial charge in [-0.25, -0.2) is 8.42 Å². The molecular weight excluding hydrogens is 231 g/mol. The SMILES string of the molecule is CCCCS(=O)(=O)CCNCC(F)(F)F. The lowest BCUT2D eigenvalue weighted by Gasteiger charge is -2.08. The molecule has 0 fully saturated rings. The fourth-order valence-electron chi connectivity index (χ4n) is 0.924. The second-order valence-corrected chi connectivity index (χ2v) is 5.60. The van der Waals surface area contributed by atoms with Gasteiger partial charge >= 0.3 is 6.18 Å². The number of alkyl halides is 3. The standard InChI is InChI=1S/C8H16F3NO2S/c1-2-3-5-15(13,14)6-4-12-7-8(9,10)11/h12H,2-7H2,1H3. The number of hydrogen-bond acceptors (Lipinski definition) is 3. The van der Waals surface area contributed by atoms with Gasteiger partial charge in [-0.1, -0.05) is 13.3 Å². The zero-order valence-electron chi connectivity index (χ0n) is 8.60. The summed E-state index contributed by atoms with van der Waals surface area (Å²) in [5.41, 5.74) is 0. The Labute approximate surface area is 88.0 Å². The normalized spacial score (nSPS) is 13.1. The smallest absolute Gasteiger partial charge is 0.308 e. The van der Waals surface area contributed by atoms with Crippen LogP contribution < -0.4 is 5.32 Å². The molecule has 92 valence electrons. The summed E-state index contributed by atoms with van der Waals surface area (Å²) < 4.78 is 57.4. The molecule has 7 heteroatoms. The maximum atomic E-state index is 11.7. The Morgan fingerprint density at radius 1 is 1.20 bits per heavy atom. The van der Waals surface area contributed by atoms with Crippen LogP contribution in [0.4, 0.5) is 13.2 Å². The van der Waals surface area contributed by atoms with E-state index in [4.69, 9.17) is 0 Å². The predicted octanol–water partition coefficient (Wildman–Crippen LogP) is 1.35. The Morgan fingerprint density at radius 3 is 2.27 bits per heavy atom. The van der Waals surface area contributed by atoms with E-state index in [9.17, 15) is 21.6 Å². The molecule has 0 aliphatic rings. The zero-order chi connectivity index (χ0) is 11.9. The molecule has 0 aromatic rings. The molecule has 0 aliphatic heterocycles. The van der Waals surface area contributed by atoms with Crippen molar-refractivity contribution in [1.29, 1.82) is 0 Å². The third-order valence-electron chi connectivity index (χ3n) is 1.72. The Kier molecular flexibility index (Phi) is 6.19. The van der Waals surface area contributed by atoms with Crippen molar-refractivity contribution in [3.05, 3.63) is 0 Å². The summed E-state index contributed by atoms with van der Waals surface area (Å²) in [6, 6.07) is 0. The summed E-state index contributed by atoms with van der Waals surface area (Å²) in [6.45, 7) is 0.569. The largest absolute Gasteiger partial charge is 0.401 e. The van der Waals surface area contributed by atoms with Crippen molar-refractivity contribution < 1.29 is 21.6 Å². The van der Waals surface area contributed by atoms with E-state index >= 15 is 0 Å².